The van der Waals surface area contributed by atoms with Crippen molar-refractivity contribution in [3.05, 3.63) is 24.3 Å². The molecule has 1 unspecified atom stereocenters. The normalized spacial score (nSPS) is 11.8. The Hall–Kier alpha value is -0.890. The van der Waals surface area contributed by atoms with Gasteiger partial charge in [-0.2, -0.15) is 8.78 Å². The van der Waals surface area contributed by atoms with E-state index in [1.807, 2.05) is 0 Å². The molecule has 0 aliphatic carbocycles. The number of halogens is 3. The average Bonchev–Trinajstić information content (AvgIpc) is 2.28. The molecule has 8 heteroatoms. The smallest absolute Gasteiger partial charge is 0.288 e. The summed E-state index contributed by atoms with van der Waals surface area (Å²) in [7, 11) is 1.44. The van der Waals surface area contributed by atoms with Crippen LogP contribution in [0.3, 0.4) is 0 Å². The summed E-state index contributed by atoms with van der Waals surface area (Å²) in [5, 5.41) is 2.54. The van der Waals surface area contributed by atoms with Crippen molar-refractivity contribution in [2.24, 2.45) is 5.73 Å². The number of carbonyl (C=O) groups excluding carboxylic acids is 1. The summed E-state index contributed by atoms with van der Waals surface area (Å²) in [5.74, 6) is -2.91. The Kier molecular flexibility index (Phi) is 8.66. The van der Waals surface area contributed by atoms with Gasteiger partial charge in [0.25, 0.3) is 5.76 Å². The number of benzene rings is 1. The molecule has 0 aliphatic rings. The first kappa shape index (κ1) is 18.1. The van der Waals surface area contributed by atoms with Gasteiger partial charge in [-0.15, -0.1) is 12.4 Å². The summed E-state index contributed by atoms with van der Waals surface area (Å²) < 4.78 is 29.1. The number of carbonyl (C=O) groups is 1. The zero-order valence-corrected chi connectivity index (χ0v) is 11.8. The molecule has 3 N–H and O–H groups in total. The molecule has 0 heterocycles. The maximum Gasteiger partial charge on any atom is 0.288 e. The molecule has 0 radical (unpaired) electrons. The Morgan fingerprint density at radius 2 is 2.21 bits per heavy atom. The summed E-state index contributed by atoms with van der Waals surface area (Å²) >= 11 is 0.418. The minimum atomic E-state index is -2.49. The van der Waals surface area contributed by atoms with Gasteiger partial charge in [-0.05, 0) is 18.2 Å². The Morgan fingerprint density at radius 3 is 2.79 bits per heavy atom. The monoisotopic (exact) mass is 312 g/mol. The highest BCUT2D eigenvalue weighted by Crippen LogP contribution is 2.27. The van der Waals surface area contributed by atoms with Gasteiger partial charge < -0.3 is 15.8 Å². The zero-order valence-electron chi connectivity index (χ0n) is 10.1. The van der Waals surface area contributed by atoms with E-state index < -0.39 is 17.7 Å². The predicted octanol–water partition coefficient (Wildman–Crippen LogP) is 2.34. The fourth-order valence-electron chi connectivity index (χ4n) is 1.24. The van der Waals surface area contributed by atoms with Crippen LogP contribution in [-0.2, 0) is 9.53 Å². The topological polar surface area (TPSA) is 64.3 Å². The van der Waals surface area contributed by atoms with Crippen molar-refractivity contribution in [1.82, 2.24) is 0 Å². The van der Waals surface area contributed by atoms with Crippen molar-refractivity contribution in [2.45, 2.75) is 16.7 Å². The van der Waals surface area contributed by atoms with Gasteiger partial charge in [0.05, 0.1) is 6.61 Å². The highest BCUT2D eigenvalue weighted by Gasteiger charge is 2.13. The third-order valence-electron chi connectivity index (χ3n) is 2.01. The molecule has 0 bridgehead atoms. The van der Waals surface area contributed by atoms with Crippen molar-refractivity contribution in [1.29, 1.82) is 0 Å². The molecule has 1 amide bonds. The molecule has 108 valence electrons. The van der Waals surface area contributed by atoms with Crippen LogP contribution in [0, 0.1) is 0 Å². The zero-order chi connectivity index (χ0) is 13.5. The number of anilines is 1. The largest absolute Gasteiger partial charge is 0.383 e. The molecular formula is C11H15ClF2N2O2S. The standard InChI is InChI=1S/C11H14F2N2O2S.ClH/c1-17-6-9(14)10(16)15-7-3-2-4-8(5-7)18-11(12)13;/h2-5,9,11H,6,14H2,1H3,(H,15,16);1H. The fraction of sp³-hybridized carbons (Fsp3) is 0.364. The first-order valence-corrected chi connectivity index (χ1v) is 6.01. The van der Waals surface area contributed by atoms with Crippen molar-refractivity contribution >= 4 is 35.8 Å². The maximum absolute atomic E-state index is 12.2. The van der Waals surface area contributed by atoms with E-state index >= 15 is 0 Å². The molecule has 1 aromatic carbocycles. The first-order chi connectivity index (χ1) is 8.52. The average molecular weight is 313 g/mol. The molecule has 0 aromatic heterocycles. The quantitative estimate of drug-likeness (QED) is 0.791. The van der Waals surface area contributed by atoms with Crippen LogP contribution in [-0.4, -0.2) is 31.4 Å². The number of nitrogens with two attached hydrogens (primary N) is 1. The number of nitrogens with one attached hydrogen (secondary N) is 1. The molecule has 1 atom stereocenters. The lowest BCUT2D eigenvalue weighted by atomic mass is 10.2. The molecule has 1 rings (SSSR count). The van der Waals surface area contributed by atoms with E-state index in [0.717, 1.165) is 0 Å². The van der Waals surface area contributed by atoms with Crippen LogP contribution in [0.2, 0.25) is 0 Å². The Morgan fingerprint density at radius 1 is 1.53 bits per heavy atom. The van der Waals surface area contributed by atoms with Crippen LogP contribution in [0.1, 0.15) is 0 Å². The van der Waals surface area contributed by atoms with E-state index in [0.29, 0.717) is 22.3 Å². The van der Waals surface area contributed by atoms with Gasteiger partial charge in [0, 0.05) is 17.7 Å². The summed E-state index contributed by atoms with van der Waals surface area (Å²) in [6, 6.07) is 5.41. The van der Waals surface area contributed by atoms with Crippen LogP contribution in [0.25, 0.3) is 0 Å². The minimum Gasteiger partial charge on any atom is -0.383 e. The Balaban J connectivity index is 0.00000324. The van der Waals surface area contributed by atoms with Crippen LogP contribution in [0.4, 0.5) is 14.5 Å². The number of amides is 1. The first-order valence-electron chi connectivity index (χ1n) is 5.13. The molecule has 0 saturated heterocycles. The van der Waals surface area contributed by atoms with Gasteiger partial charge in [-0.25, -0.2) is 0 Å². The molecule has 1 aromatic rings. The third kappa shape index (κ3) is 6.72. The van der Waals surface area contributed by atoms with Crippen LogP contribution in [0.5, 0.6) is 0 Å². The number of ether oxygens (including phenoxy) is 1. The van der Waals surface area contributed by atoms with Crippen LogP contribution in [0.15, 0.2) is 29.2 Å². The number of alkyl halides is 2. The second-order valence-corrected chi connectivity index (χ2v) is 4.52. The number of rotatable bonds is 6. The SMILES string of the molecule is COCC(N)C(=O)Nc1cccc(SC(F)F)c1.Cl. The second kappa shape index (κ2) is 9.08. The lowest BCUT2D eigenvalue weighted by molar-refractivity contribution is -0.118. The van der Waals surface area contributed by atoms with Gasteiger partial charge in [-0.1, -0.05) is 17.8 Å². The third-order valence-corrected chi connectivity index (χ3v) is 2.71. The summed E-state index contributed by atoms with van der Waals surface area (Å²) in [6.45, 7) is 0.0946. The second-order valence-electron chi connectivity index (χ2n) is 3.46. The number of thioether (sulfide) groups is 1. The lowest BCUT2D eigenvalue weighted by Crippen LogP contribution is -2.39. The van der Waals surface area contributed by atoms with Gasteiger partial charge in [0.15, 0.2) is 0 Å². The van der Waals surface area contributed by atoms with E-state index in [9.17, 15) is 13.6 Å². The number of hydrogen-bond acceptors (Lipinski definition) is 4. The minimum absolute atomic E-state index is 0. The van der Waals surface area contributed by atoms with E-state index in [1.54, 1.807) is 18.2 Å². The van der Waals surface area contributed by atoms with Gasteiger partial charge in [-0.3, -0.25) is 4.79 Å². The molecule has 0 spiro atoms. The van der Waals surface area contributed by atoms with E-state index in [4.69, 9.17) is 10.5 Å². The lowest BCUT2D eigenvalue weighted by Gasteiger charge is -2.11. The molecule has 4 nitrogen and oxygen atoms in total. The molecule has 0 aliphatic heterocycles. The van der Waals surface area contributed by atoms with Crippen LogP contribution >= 0.6 is 24.2 Å². The fourth-order valence-corrected chi connectivity index (χ4v) is 1.80. The molecular weight excluding hydrogens is 298 g/mol. The Bertz CT molecular complexity index is 410. The number of hydrogen-bond donors (Lipinski definition) is 2. The van der Waals surface area contributed by atoms with Crippen molar-refractivity contribution in [3.63, 3.8) is 0 Å². The summed E-state index contributed by atoms with van der Waals surface area (Å²) in [5.41, 5.74) is 5.96. The summed E-state index contributed by atoms with van der Waals surface area (Å²) in [6.07, 6.45) is 0. The highest BCUT2D eigenvalue weighted by molar-refractivity contribution is 7.99. The van der Waals surface area contributed by atoms with E-state index in [1.165, 1.54) is 13.2 Å². The van der Waals surface area contributed by atoms with E-state index in [-0.39, 0.29) is 19.0 Å². The molecule has 0 saturated carbocycles. The van der Waals surface area contributed by atoms with Crippen molar-refractivity contribution in [2.75, 3.05) is 19.0 Å². The maximum atomic E-state index is 12.2. The van der Waals surface area contributed by atoms with Gasteiger partial charge in [0.1, 0.15) is 6.04 Å². The predicted molar refractivity (Wildman–Crippen MR) is 74.0 cm³/mol. The van der Waals surface area contributed by atoms with Gasteiger partial charge in [0.2, 0.25) is 5.91 Å². The highest BCUT2D eigenvalue weighted by atomic mass is 35.5. The van der Waals surface area contributed by atoms with Gasteiger partial charge >= 0.3 is 0 Å². The molecule has 0 fully saturated rings. The Labute approximate surface area is 120 Å². The number of methoxy groups -OCH3 is 1. The van der Waals surface area contributed by atoms with E-state index in [2.05, 4.69) is 5.32 Å². The van der Waals surface area contributed by atoms with Crippen LogP contribution < -0.4 is 11.1 Å². The van der Waals surface area contributed by atoms with Crippen molar-refractivity contribution in [3.8, 4) is 0 Å². The van der Waals surface area contributed by atoms with Crippen molar-refractivity contribution < 1.29 is 18.3 Å². The summed E-state index contributed by atoms with van der Waals surface area (Å²) in [4.78, 5) is 11.9. The molecule has 19 heavy (non-hydrogen) atoms.